The number of nitrogens with one attached hydrogen (secondary N) is 4. The summed E-state index contributed by atoms with van der Waals surface area (Å²) in [5, 5.41) is 12.4. The van der Waals surface area contributed by atoms with Crippen LogP contribution >= 0.6 is 11.3 Å². The largest absolute Gasteiger partial charge is 0.425 e. The Morgan fingerprint density at radius 2 is 1.83 bits per heavy atom. The highest BCUT2D eigenvalue weighted by Gasteiger charge is 2.32. The molecule has 0 bridgehead atoms. The van der Waals surface area contributed by atoms with Gasteiger partial charge in [-0.2, -0.15) is 18.3 Å². The van der Waals surface area contributed by atoms with Gasteiger partial charge in [-0.05, 0) is 53.1 Å². The molecule has 1 aliphatic rings. The van der Waals surface area contributed by atoms with E-state index in [9.17, 15) is 27.6 Å². The van der Waals surface area contributed by atoms with Crippen LogP contribution < -0.4 is 16.3 Å². The number of H-pyrrole nitrogens is 2. The van der Waals surface area contributed by atoms with Crippen molar-refractivity contribution in [2.45, 2.75) is 31.6 Å². The molecule has 4 N–H and O–H groups in total. The molecule has 0 aliphatic heterocycles. The number of carbonyl (C=O) groups is 2. The molecular formula is C27H20F3N7O3S. The van der Waals surface area contributed by atoms with E-state index < -0.39 is 28.6 Å². The number of alkyl halides is 3. The van der Waals surface area contributed by atoms with Crippen LogP contribution in [-0.2, 0) is 19.1 Å². The van der Waals surface area contributed by atoms with Crippen LogP contribution in [0.1, 0.15) is 55.0 Å². The van der Waals surface area contributed by atoms with E-state index in [0.29, 0.717) is 39.2 Å². The molecule has 0 spiro atoms. The van der Waals surface area contributed by atoms with Gasteiger partial charge in [0, 0.05) is 22.9 Å². The molecule has 14 heteroatoms. The van der Waals surface area contributed by atoms with Gasteiger partial charge in [0.1, 0.15) is 22.6 Å². The number of thiophene rings is 1. The van der Waals surface area contributed by atoms with E-state index in [2.05, 4.69) is 35.8 Å². The van der Waals surface area contributed by atoms with Crippen molar-refractivity contribution in [1.82, 2.24) is 35.8 Å². The van der Waals surface area contributed by atoms with Crippen molar-refractivity contribution in [3.63, 3.8) is 0 Å². The molecule has 1 aliphatic carbocycles. The van der Waals surface area contributed by atoms with Crippen molar-refractivity contribution in [2.75, 3.05) is 0 Å². The lowest BCUT2D eigenvalue weighted by molar-refractivity contribution is -0.134. The molecule has 10 nitrogen and oxygen atoms in total. The van der Waals surface area contributed by atoms with E-state index in [-0.39, 0.29) is 24.0 Å². The predicted molar refractivity (Wildman–Crippen MR) is 143 cm³/mol. The predicted octanol–water partition coefficient (Wildman–Crippen LogP) is 4.14. The van der Waals surface area contributed by atoms with Gasteiger partial charge in [0.25, 0.3) is 11.8 Å². The standard InChI is InChI=1S/C27H20F3N7O3S/c28-27(29,30)22-9-15-2-1-13(7-21(15)41-22)11-31-24(38)19-10-20(33-12-32-19)25(39)34-18-6-4-14-8-16(3-5-17(14)18)23-35-26(40)37-36-23/h1-3,5,7-10,12,18H,4,6,11H2,(H,31,38)(H,34,39)(H2,35,36,37,40)/t18-/m0/s1. The summed E-state index contributed by atoms with van der Waals surface area (Å²) in [5.41, 5.74) is 2.94. The first-order valence-electron chi connectivity index (χ1n) is 12.4. The molecule has 208 valence electrons. The van der Waals surface area contributed by atoms with Gasteiger partial charge in [0.05, 0.1) is 6.04 Å². The number of aromatic amines is 2. The highest BCUT2D eigenvalue weighted by Crippen LogP contribution is 2.38. The molecular weight excluding hydrogens is 559 g/mol. The summed E-state index contributed by atoms with van der Waals surface area (Å²) in [5.74, 6) is -0.595. The highest BCUT2D eigenvalue weighted by atomic mass is 32.1. The Labute approximate surface area is 233 Å². The van der Waals surface area contributed by atoms with Crippen molar-refractivity contribution in [3.8, 4) is 11.4 Å². The van der Waals surface area contributed by atoms with E-state index in [1.165, 1.54) is 6.07 Å². The molecule has 2 aromatic carbocycles. The number of rotatable bonds is 6. The van der Waals surface area contributed by atoms with Gasteiger partial charge in [0.15, 0.2) is 5.82 Å². The van der Waals surface area contributed by atoms with Crippen LogP contribution in [0.25, 0.3) is 21.5 Å². The zero-order valence-corrected chi connectivity index (χ0v) is 21.8. The quantitative estimate of drug-likeness (QED) is 0.238. The number of carbonyl (C=O) groups excluding carboxylic acids is 2. The zero-order chi connectivity index (χ0) is 28.7. The van der Waals surface area contributed by atoms with Crippen molar-refractivity contribution in [2.24, 2.45) is 0 Å². The lowest BCUT2D eigenvalue weighted by Crippen LogP contribution is -2.29. The van der Waals surface area contributed by atoms with E-state index in [1.54, 1.807) is 18.2 Å². The maximum absolute atomic E-state index is 13.0. The number of hydrogen-bond acceptors (Lipinski definition) is 7. The summed E-state index contributed by atoms with van der Waals surface area (Å²) in [6.07, 6.45) is -1.91. The van der Waals surface area contributed by atoms with Gasteiger partial charge < -0.3 is 10.6 Å². The fraction of sp³-hybridized carbons (Fsp3) is 0.185. The Morgan fingerprint density at radius 3 is 2.59 bits per heavy atom. The third kappa shape index (κ3) is 5.45. The van der Waals surface area contributed by atoms with E-state index in [4.69, 9.17) is 0 Å². The first kappa shape index (κ1) is 26.4. The maximum Gasteiger partial charge on any atom is 0.425 e. The Balaban J connectivity index is 1.10. The maximum atomic E-state index is 13.0. The molecule has 5 aromatic rings. The summed E-state index contributed by atoms with van der Waals surface area (Å²) in [7, 11) is 0. The highest BCUT2D eigenvalue weighted by molar-refractivity contribution is 7.19. The van der Waals surface area contributed by atoms with Crippen LogP contribution in [0.2, 0.25) is 0 Å². The molecule has 0 saturated carbocycles. The summed E-state index contributed by atoms with van der Waals surface area (Å²) in [6.45, 7) is 0.0621. The number of amides is 2. The Bertz CT molecular complexity index is 1860. The van der Waals surface area contributed by atoms with Crippen molar-refractivity contribution >= 4 is 33.2 Å². The average molecular weight is 580 g/mol. The van der Waals surface area contributed by atoms with E-state index in [0.717, 1.165) is 35.5 Å². The summed E-state index contributed by atoms with van der Waals surface area (Å²) in [4.78, 5) is 47.0. The lowest BCUT2D eigenvalue weighted by atomic mass is 10.0. The number of halogens is 3. The molecule has 3 aromatic heterocycles. The summed E-state index contributed by atoms with van der Waals surface area (Å²) < 4.78 is 39.5. The molecule has 0 unspecified atom stereocenters. The minimum absolute atomic E-state index is 0.0176. The number of hydrogen-bond donors (Lipinski definition) is 4. The van der Waals surface area contributed by atoms with Gasteiger partial charge in [-0.1, -0.05) is 24.3 Å². The van der Waals surface area contributed by atoms with Crippen LogP contribution in [-0.4, -0.2) is 37.0 Å². The number of benzene rings is 2. The third-order valence-electron chi connectivity index (χ3n) is 6.75. The lowest BCUT2D eigenvalue weighted by Gasteiger charge is -2.14. The van der Waals surface area contributed by atoms with Crippen LogP contribution in [0.4, 0.5) is 13.2 Å². The Hall–Kier alpha value is -4.85. The second-order valence-electron chi connectivity index (χ2n) is 9.46. The van der Waals surface area contributed by atoms with Crippen molar-refractivity contribution in [3.05, 3.63) is 98.3 Å². The molecule has 2 amide bonds. The zero-order valence-electron chi connectivity index (χ0n) is 21.0. The van der Waals surface area contributed by atoms with Gasteiger partial charge in [-0.3, -0.25) is 14.6 Å². The molecule has 41 heavy (non-hydrogen) atoms. The van der Waals surface area contributed by atoms with Crippen LogP contribution in [0.15, 0.2) is 59.7 Å². The second kappa shape index (κ2) is 10.3. The molecule has 1 atom stereocenters. The van der Waals surface area contributed by atoms with Gasteiger partial charge in [-0.25, -0.2) is 19.9 Å². The van der Waals surface area contributed by atoms with Crippen molar-refractivity contribution < 1.29 is 22.8 Å². The average Bonchev–Trinajstić information content (AvgIpc) is 3.69. The second-order valence-corrected chi connectivity index (χ2v) is 10.5. The SMILES string of the molecule is O=C(NCc1ccc2cc(C(F)(F)F)sc2c1)c1cc(C(=O)N[C@H]2CCc3cc(-c4n[nH]c(=O)[nH]4)ccc32)ncn1. The minimum Gasteiger partial charge on any atom is -0.347 e. The third-order valence-corrected chi connectivity index (χ3v) is 7.89. The van der Waals surface area contributed by atoms with E-state index >= 15 is 0 Å². The van der Waals surface area contributed by atoms with Crippen molar-refractivity contribution in [1.29, 1.82) is 0 Å². The number of nitrogens with zero attached hydrogens (tertiary/aromatic N) is 3. The molecule has 3 heterocycles. The van der Waals surface area contributed by atoms with Gasteiger partial charge in [0.2, 0.25) is 0 Å². The van der Waals surface area contributed by atoms with E-state index in [1.807, 2.05) is 18.2 Å². The van der Waals surface area contributed by atoms with Crippen LogP contribution in [0.3, 0.4) is 0 Å². The number of fused-ring (bicyclic) bond motifs is 2. The Kier molecular flexibility index (Phi) is 6.61. The minimum atomic E-state index is -4.41. The summed E-state index contributed by atoms with van der Waals surface area (Å²) >= 11 is 0.644. The smallest absolute Gasteiger partial charge is 0.347 e. The monoisotopic (exact) mass is 579 g/mol. The molecule has 0 saturated heterocycles. The molecule has 6 rings (SSSR count). The topological polar surface area (TPSA) is 146 Å². The fourth-order valence-corrected chi connectivity index (χ4v) is 5.75. The van der Waals surface area contributed by atoms with Gasteiger partial charge in [-0.15, -0.1) is 11.3 Å². The fourth-order valence-electron chi connectivity index (χ4n) is 4.76. The van der Waals surface area contributed by atoms with Crippen LogP contribution in [0.5, 0.6) is 0 Å². The normalized spacial score (nSPS) is 14.7. The number of aromatic nitrogens is 5. The van der Waals surface area contributed by atoms with Gasteiger partial charge >= 0.3 is 11.9 Å². The first-order chi connectivity index (χ1) is 19.6. The summed E-state index contributed by atoms with van der Waals surface area (Å²) in [6, 6.07) is 12.6. The van der Waals surface area contributed by atoms with Crippen LogP contribution in [0, 0.1) is 0 Å². The Morgan fingerprint density at radius 1 is 1.02 bits per heavy atom. The molecule has 0 fully saturated rings. The number of aryl methyl sites for hydroxylation is 1. The first-order valence-corrected chi connectivity index (χ1v) is 13.2. The molecule has 0 radical (unpaired) electrons.